The van der Waals surface area contributed by atoms with E-state index in [-0.39, 0.29) is 11.7 Å². The van der Waals surface area contributed by atoms with Crippen molar-refractivity contribution in [3.8, 4) is 5.75 Å². The van der Waals surface area contributed by atoms with E-state index in [0.29, 0.717) is 22.5 Å². The third kappa shape index (κ3) is 3.06. The van der Waals surface area contributed by atoms with Crippen molar-refractivity contribution in [1.29, 1.82) is 0 Å². The fraction of sp³-hybridized carbons (Fsp3) is 0.0714. The van der Waals surface area contributed by atoms with E-state index in [9.17, 15) is 9.90 Å². The molecular weight excluding hydrogens is 308 g/mol. The van der Waals surface area contributed by atoms with E-state index in [1.165, 1.54) is 6.07 Å². The monoisotopic (exact) mass is 320 g/mol. The van der Waals surface area contributed by atoms with Crippen LogP contribution in [-0.2, 0) is 0 Å². The van der Waals surface area contributed by atoms with Crippen LogP contribution in [0.3, 0.4) is 0 Å². The molecule has 98 valence electrons. The summed E-state index contributed by atoms with van der Waals surface area (Å²) in [4.78, 5) is 12.1. The molecule has 0 aromatic heterocycles. The third-order valence-electron chi connectivity index (χ3n) is 2.71. The molecule has 0 aliphatic carbocycles. The highest BCUT2D eigenvalue weighted by Gasteiger charge is 2.10. The zero-order valence-corrected chi connectivity index (χ0v) is 11.9. The average Bonchev–Trinajstić information content (AvgIpc) is 2.33. The first-order valence-corrected chi connectivity index (χ1v) is 6.42. The Labute approximate surface area is 119 Å². The number of phenolic OH excluding ortho intramolecular Hbond substituents is 1. The Hall–Kier alpha value is -2.01. The molecule has 2 aromatic carbocycles. The van der Waals surface area contributed by atoms with E-state index in [2.05, 4.69) is 21.2 Å². The Morgan fingerprint density at radius 1 is 1.26 bits per heavy atom. The maximum atomic E-state index is 12.1. The molecule has 0 atom stereocenters. The van der Waals surface area contributed by atoms with Crippen molar-refractivity contribution < 1.29 is 9.90 Å². The van der Waals surface area contributed by atoms with Gasteiger partial charge in [-0.3, -0.25) is 4.79 Å². The number of nitrogens with one attached hydrogen (secondary N) is 1. The van der Waals surface area contributed by atoms with Crippen LogP contribution in [0.15, 0.2) is 40.9 Å². The Kier molecular flexibility index (Phi) is 3.76. The molecule has 0 unspecified atom stereocenters. The number of halogens is 1. The van der Waals surface area contributed by atoms with Gasteiger partial charge < -0.3 is 16.2 Å². The minimum atomic E-state index is -0.228. The van der Waals surface area contributed by atoms with E-state index in [1.54, 1.807) is 37.3 Å². The summed E-state index contributed by atoms with van der Waals surface area (Å²) in [5.41, 5.74) is 8.18. The molecule has 2 rings (SSSR count). The number of aryl methyl sites for hydroxylation is 1. The molecule has 0 radical (unpaired) electrons. The van der Waals surface area contributed by atoms with Gasteiger partial charge in [0.1, 0.15) is 5.75 Å². The van der Waals surface area contributed by atoms with Crippen LogP contribution in [0.5, 0.6) is 5.75 Å². The van der Waals surface area contributed by atoms with Gasteiger partial charge >= 0.3 is 0 Å². The quantitative estimate of drug-likeness (QED) is 0.743. The number of nitrogens with two attached hydrogens (primary N) is 1. The minimum absolute atomic E-state index is 0.143. The third-order valence-corrected chi connectivity index (χ3v) is 3.40. The highest BCUT2D eigenvalue weighted by molar-refractivity contribution is 9.10. The summed E-state index contributed by atoms with van der Waals surface area (Å²) in [6, 6.07) is 9.81. The van der Waals surface area contributed by atoms with Gasteiger partial charge in [-0.2, -0.15) is 0 Å². The predicted molar refractivity (Wildman–Crippen MR) is 79.4 cm³/mol. The molecule has 0 aliphatic heterocycles. The fourth-order valence-electron chi connectivity index (χ4n) is 1.71. The Morgan fingerprint density at radius 2 is 2.00 bits per heavy atom. The first-order valence-electron chi connectivity index (χ1n) is 5.63. The number of amides is 1. The largest absolute Gasteiger partial charge is 0.508 e. The van der Waals surface area contributed by atoms with E-state index in [1.807, 2.05) is 0 Å². The predicted octanol–water partition coefficient (Wildman–Crippen LogP) is 3.30. The lowest BCUT2D eigenvalue weighted by Gasteiger charge is -2.09. The number of carbonyl (C=O) groups excluding carboxylic acids is 1. The van der Waals surface area contributed by atoms with Crippen LogP contribution in [0.25, 0.3) is 0 Å². The molecule has 0 saturated carbocycles. The molecule has 2 aromatic rings. The SMILES string of the molecule is Cc1cc(O)ccc1C(=O)Nc1ccc(N)c(Br)c1. The highest BCUT2D eigenvalue weighted by atomic mass is 79.9. The molecule has 0 saturated heterocycles. The second-order valence-electron chi connectivity index (χ2n) is 4.19. The molecule has 4 nitrogen and oxygen atoms in total. The summed E-state index contributed by atoms with van der Waals surface area (Å²) in [6.07, 6.45) is 0. The van der Waals surface area contributed by atoms with Crippen LogP contribution in [-0.4, -0.2) is 11.0 Å². The number of carbonyl (C=O) groups is 1. The van der Waals surface area contributed by atoms with Crippen LogP contribution in [0.1, 0.15) is 15.9 Å². The van der Waals surface area contributed by atoms with Crippen molar-refractivity contribution in [2.75, 3.05) is 11.1 Å². The fourth-order valence-corrected chi connectivity index (χ4v) is 2.08. The zero-order chi connectivity index (χ0) is 14.0. The topological polar surface area (TPSA) is 75.3 Å². The Balaban J connectivity index is 2.23. The van der Waals surface area contributed by atoms with Gasteiger partial charge in [-0.05, 0) is 64.8 Å². The minimum Gasteiger partial charge on any atom is -0.508 e. The zero-order valence-electron chi connectivity index (χ0n) is 10.3. The van der Waals surface area contributed by atoms with Gasteiger partial charge in [0.2, 0.25) is 0 Å². The van der Waals surface area contributed by atoms with Gasteiger partial charge in [-0.15, -0.1) is 0 Å². The number of nitrogen functional groups attached to an aromatic ring is 1. The lowest BCUT2D eigenvalue weighted by molar-refractivity contribution is 0.102. The van der Waals surface area contributed by atoms with Crippen LogP contribution in [0.2, 0.25) is 0 Å². The van der Waals surface area contributed by atoms with Crippen molar-refractivity contribution in [3.63, 3.8) is 0 Å². The maximum absolute atomic E-state index is 12.1. The molecule has 0 spiro atoms. The van der Waals surface area contributed by atoms with Crippen molar-refractivity contribution >= 4 is 33.2 Å². The molecule has 19 heavy (non-hydrogen) atoms. The van der Waals surface area contributed by atoms with E-state index >= 15 is 0 Å². The number of hydrogen-bond acceptors (Lipinski definition) is 3. The van der Waals surface area contributed by atoms with Gasteiger partial charge in [0, 0.05) is 21.4 Å². The van der Waals surface area contributed by atoms with Gasteiger partial charge in [0.05, 0.1) is 0 Å². The number of phenols is 1. The second-order valence-corrected chi connectivity index (χ2v) is 5.04. The first-order chi connectivity index (χ1) is 8.97. The number of aromatic hydroxyl groups is 1. The molecule has 0 bridgehead atoms. The lowest BCUT2D eigenvalue weighted by Crippen LogP contribution is -2.13. The smallest absolute Gasteiger partial charge is 0.255 e. The Bertz CT molecular complexity index is 641. The number of benzene rings is 2. The molecule has 0 aliphatic rings. The summed E-state index contributed by atoms with van der Waals surface area (Å²) in [7, 11) is 0. The molecule has 1 amide bonds. The molecule has 4 N–H and O–H groups in total. The van der Waals surface area contributed by atoms with Crippen molar-refractivity contribution in [3.05, 3.63) is 52.0 Å². The maximum Gasteiger partial charge on any atom is 0.255 e. The van der Waals surface area contributed by atoms with Gasteiger partial charge in [0.15, 0.2) is 0 Å². The normalized spacial score (nSPS) is 10.2. The van der Waals surface area contributed by atoms with Gasteiger partial charge in [-0.1, -0.05) is 0 Å². The first kappa shape index (κ1) is 13.4. The van der Waals surface area contributed by atoms with E-state index < -0.39 is 0 Å². The van der Waals surface area contributed by atoms with Gasteiger partial charge in [-0.25, -0.2) is 0 Å². The van der Waals surface area contributed by atoms with E-state index in [0.717, 1.165) is 4.47 Å². The number of hydrogen-bond donors (Lipinski definition) is 3. The van der Waals surface area contributed by atoms with Crippen molar-refractivity contribution in [2.24, 2.45) is 0 Å². The van der Waals surface area contributed by atoms with E-state index in [4.69, 9.17) is 5.73 Å². The summed E-state index contributed by atoms with van der Waals surface area (Å²) in [5.74, 6) is -0.0848. The molecule has 5 heteroatoms. The van der Waals surface area contributed by atoms with Gasteiger partial charge in [0.25, 0.3) is 5.91 Å². The van der Waals surface area contributed by atoms with Crippen LogP contribution >= 0.6 is 15.9 Å². The van der Waals surface area contributed by atoms with Crippen LogP contribution in [0, 0.1) is 6.92 Å². The summed E-state index contributed by atoms with van der Waals surface area (Å²) >= 11 is 3.31. The summed E-state index contributed by atoms with van der Waals surface area (Å²) in [5, 5.41) is 12.1. The Morgan fingerprint density at radius 3 is 2.63 bits per heavy atom. The second kappa shape index (κ2) is 5.32. The number of rotatable bonds is 2. The van der Waals surface area contributed by atoms with Crippen molar-refractivity contribution in [2.45, 2.75) is 6.92 Å². The lowest BCUT2D eigenvalue weighted by atomic mass is 10.1. The summed E-state index contributed by atoms with van der Waals surface area (Å²) < 4.78 is 0.729. The highest BCUT2D eigenvalue weighted by Crippen LogP contribution is 2.24. The molecular formula is C14H13BrN2O2. The van der Waals surface area contributed by atoms with Crippen LogP contribution < -0.4 is 11.1 Å². The van der Waals surface area contributed by atoms with Crippen molar-refractivity contribution in [1.82, 2.24) is 0 Å². The summed E-state index contributed by atoms with van der Waals surface area (Å²) in [6.45, 7) is 1.77. The number of anilines is 2. The average molecular weight is 321 g/mol. The standard InChI is InChI=1S/C14H13BrN2O2/c1-8-6-10(18)3-4-11(8)14(19)17-9-2-5-13(16)12(15)7-9/h2-7,18H,16H2,1H3,(H,17,19). The van der Waals surface area contributed by atoms with Crippen LogP contribution in [0.4, 0.5) is 11.4 Å². The molecule has 0 fully saturated rings. The molecule has 0 heterocycles.